The summed E-state index contributed by atoms with van der Waals surface area (Å²) in [6.07, 6.45) is 1.74. The van der Waals surface area contributed by atoms with E-state index in [9.17, 15) is 4.79 Å². The van der Waals surface area contributed by atoms with Gasteiger partial charge in [0.15, 0.2) is 18.1 Å². The van der Waals surface area contributed by atoms with Crippen molar-refractivity contribution in [2.24, 2.45) is 0 Å². The summed E-state index contributed by atoms with van der Waals surface area (Å²) in [5.74, 6) is 1.99. The summed E-state index contributed by atoms with van der Waals surface area (Å²) >= 11 is 1.52. The SMILES string of the molecule is O=C(COc1ccccc1)N(Cc1ccc2c(c1)OCO2)Cc1nccs1. The number of para-hydroxylation sites is 1. The fourth-order valence-corrected chi connectivity index (χ4v) is 3.37. The maximum Gasteiger partial charge on any atom is 0.261 e. The Morgan fingerprint density at radius 3 is 2.78 bits per heavy atom. The van der Waals surface area contributed by atoms with E-state index < -0.39 is 0 Å². The standard InChI is InChI=1S/C20H18N2O4S/c23-20(13-24-16-4-2-1-3-5-16)22(12-19-21-8-9-27-19)11-15-6-7-17-18(10-15)26-14-25-17/h1-10H,11-14H2. The Hall–Kier alpha value is -3.06. The number of rotatable bonds is 7. The van der Waals surface area contributed by atoms with Gasteiger partial charge in [-0.1, -0.05) is 24.3 Å². The molecule has 138 valence electrons. The monoisotopic (exact) mass is 382 g/mol. The van der Waals surface area contributed by atoms with E-state index in [0.717, 1.165) is 16.3 Å². The smallest absolute Gasteiger partial charge is 0.261 e. The molecule has 7 heteroatoms. The number of hydrogen-bond acceptors (Lipinski definition) is 6. The van der Waals surface area contributed by atoms with Gasteiger partial charge < -0.3 is 19.1 Å². The molecule has 0 saturated carbocycles. The second-order valence-corrected chi connectivity index (χ2v) is 6.94. The molecule has 3 aromatic rings. The topological polar surface area (TPSA) is 60.9 Å². The van der Waals surface area contributed by atoms with Gasteiger partial charge >= 0.3 is 0 Å². The first-order valence-electron chi connectivity index (χ1n) is 8.50. The van der Waals surface area contributed by atoms with Crippen LogP contribution in [0.5, 0.6) is 17.2 Å². The molecule has 0 bridgehead atoms. The number of ether oxygens (including phenoxy) is 3. The van der Waals surface area contributed by atoms with Crippen LogP contribution in [0.2, 0.25) is 0 Å². The number of amides is 1. The molecule has 6 nitrogen and oxygen atoms in total. The molecule has 0 saturated heterocycles. The highest BCUT2D eigenvalue weighted by Crippen LogP contribution is 2.33. The van der Waals surface area contributed by atoms with Gasteiger partial charge in [0.2, 0.25) is 6.79 Å². The van der Waals surface area contributed by atoms with E-state index in [4.69, 9.17) is 14.2 Å². The predicted molar refractivity (Wildman–Crippen MR) is 101 cm³/mol. The highest BCUT2D eigenvalue weighted by Gasteiger charge is 2.19. The van der Waals surface area contributed by atoms with E-state index in [0.29, 0.717) is 24.6 Å². The minimum Gasteiger partial charge on any atom is -0.484 e. The van der Waals surface area contributed by atoms with Crippen molar-refractivity contribution in [3.8, 4) is 17.2 Å². The zero-order chi connectivity index (χ0) is 18.5. The van der Waals surface area contributed by atoms with Crippen molar-refractivity contribution in [1.82, 2.24) is 9.88 Å². The lowest BCUT2D eigenvalue weighted by molar-refractivity contribution is -0.134. The van der Waals surface area contributed by atoms with Crippen LogP contribution < -0.4 is 14.2 Å². The number of fused-ring (bicyclic) bond motifs is 1. The van der Waals surface area contributed by atoms with Crippen LogP contribution in [0.4, 0.5) is 0 Å². The van der Waals surface area contributed by atoms with Gasteiger partial charge in [0.25, 0.3) is 5.91 Å². The molecule has 0 atom stereocenters. The highest BCUT2D eigenvalue weighted by molar-refractivity contribution is 7.09. The van der Waals surface area contributed by atoms with E-state index in [1.807, 2.05) is 53.9 Å². The second kappa shape index (κ2) is 8.09. The zero-order valence-corrected chi connectivity index (χ0v) is 15.4. The quantitative estimate of drug-likeness (QED) is 0.626. The van der Waals surface area contributed by atoms with Crippen molar-refractivity contribution >= 4 is 17.2 Å². The van der Waals surface area contributed by atoms with E-state index >= 15 is 0 Å². The van der Waals surface area contributed by atoms with Crippen LogP contribution in [0.3, 0.4) is 0 Å². The molecule has 0 aliphatic carbocycles. The molecule has 2 aromatic carbocycles. The van der Waals surface area contributed by atoms with Crippen molar-refractivity contribution in [2.45, 2.75) is 13.1 Å². The Bertz CT molecular complexity index is 900. The van der Waals surface area contributed by atoms with Crippen LogP contribution in [-0.2, 0) is 17.9 Å². The summed E-state index contributed by atoms with van der Waals surface area (Å²) in [5, 5.41) is 2.78. The molecule has 1 aliphatic rings. The number of benzene rings is 2. The van der Waals surface area contributed by atoms with Crippen molar-refractivity contribution in [1.29, 1.82) is 0 Å². The zero-order valence-electron chi connectivity index (χ0n) is 14.5. The number of carbonyl (C=O) groups is 1. The van der Waals surface area contributed by atoms with E-state index in [1.165, 1.54) is 11.3 Å². The fourth-order valence-electron chi connectivity index (χ4n) is 2.74. The first-order valence-corrected chi connectivity index (χ1v) is 9.38. The van der Waals surface area contributed by atoms with Gasteiger partial charge in [0.05, 0.1) is 6.54 Å². The minimum atomic E-state index is -0.105. The van der Waals surface area contributed by atoms with Crippen LogP contribution in [0, 0.1) is 0 Å². The normalized spacial score (nSPS) is 12.0. The third-order valence-corrected chi connectivity index (χ3v) is 4.84. The maximum absolute atomic E-state index is 12.8. The molecule has 0 N–H and O–H groups in total. The number of hydrogen-bond donors (Lipinski definition) is 0. The molecule has 1 aliphatic heterocycles. The Morgan fingerprint density at radius 2 is 1.96 bits per heavy atom. The molecular formula is C20H18N2O4S. The fraction of sp³-hybridized carbons (Fsp3) is 0.200. The molecule has 27 heavy (non-hydrogen) atoms. The Morgan fingerprint density at radius 1 is 1.11 bits per heavy atom. The first-order chi connectivity index (χ1) is 13.3. The van der Waals surface area contributed by atoms with Crippen molar-refractivity contribution < 1.29 is 19.0 Å². The van der Waals surface area contributed by atoms with E-state index in [2.05, 4.69) is 4.98 Å². The predicted octanol–water partition coefficient (Wildman–Crippen LogP) is 3.48. The molecule has 1 amide bonds. The van der Waals surface area contributed by atoms with Crippen molar-refractivity contribution in [3.05, 3.63) is 70.7 Å². The molecular weight excluding hydrogens is 364 g/mol. The van der Waals surface area contributed by atoms with Crippen molar-refractivity contribution in [3.63, 3.8) is 0 Å². The van der Waals surface area contributed by atoms with E-state index in [-0.39, 0.29) is 19.3 Å². The van der Waals surface area contributed by atoms with Gasteiger partial charge in [-0.05, 0) is 29.8 Å². The van der Waals surface area contributed by atoms with Gasteiger partial charge in [-0.2, -0.15) is 0 Å². The Kier molecular flexibility index (Phi) is 5.20. The summed E-state index contributed by atoms with van der Waals surface area (Å²) < 4.78 is 16.4. The van der Waals surface area contributed by atoms with Crippen LogP contribution in [-0.4, -0.2) is 29.2 Å². The lowest BCUT2D eigenvalue weighted by atomic mass is 10.2. The van der Waals surface area contributed by atoms with E-state index in [1.54, 1.807) is 11.1 Å². The van der Waals surface area contributed by atoms with Crippen LogP contribution >= 0.6 is 11.3 Å². The minimum absolute atomic E-state index is 0.0278. The second-order valence-electron chi connectivity index (χ2n) is 5.96. The number of thiazole rings is 1. The van der Waals surface area contributed by atoms with Crippen LogP contribution in [0.15, 0.2) is 60.1 Å². The molecule has 4 rings (SSSR count). The lowest BCUT2D eigenvalue weighted by Crippen LogP contribution is -2.34. The van der Waals surface area contributed by atoms with Crippen LogP contribution in [0.25, 0.3) is 0 Å². The maximum atomic E-state index is 12.8. The average Bonchev–Trinajstić information content (AvgIpc) is 3.37. The van der Waals surface area contributed by atoms with Gasteiger partial charge in [-0.3, -0.25) is 4.79 Å². The summed E-state index contributed by atoms with van der Waals surface area (Å²) in [4.78, 5) is 18.8. The Labute approximate surface area is 160 Å². The van der Waals surface area contributed by atoms with Gasteiger partial charge in [0.1, 0.15) is 10.8 Å². The summed E-state index contributed by atoms with van der Waals surface area (Å²) in [6.45, 7) is 1.07. The third kappa shape index (κ3) is 4.38. The van der Waals surface area contributed by atoms with Gasteiger partial charge in [0, 0.05) is 18.1 Å². The summed E-state index contributed by atoms with van der Waals surface area (Å²) in [5.41, 5.74) is 0.962. The average molecular weight is 382 g/mol. The number of carbonyl (C=O) groups excluding carboxylic acids is 1. The highest BCUT2D eigenvalue weighted by atomic mass is 32.1. The molecule has 1 aromatic heterocycles. The summed E-state index contributed by atoms with van der Waals surface area (Å²) in [6, 6.07) is 15.0. The number of nitrogens with zero attached hydrogens (tertiary/aromatic N) is 2. The van der Waals surface area contributed by atoms with Crippen molar-refractivity contribution in [2.75, 3.05) is 13.4 Å². The number of aromatic nitrogens is 1. The van der Waals surface area contributed by atoms with Gasteiger partial charge in [-0.25, -0.2) is 4.98 Å². The molecule has 0 unspecified atom stereocenters. The molecule has 0 fully saturated rings. The molecule has 0 radical (unpaired) electrons. The third-order valence-electron chi connectivity index (χ3n) is 4.08. The molecule has 2 heterocycles. The Balaban J connectivity index is 1.47. The van der Waals surface area contributed by atoms with Gasteiger partial charge in [-0.15, -0.1) is 11.3 Å². The lowest BCUT2D eigenvalue weighted by Gasteiger charge is -2.22. The summed E-state index contributed by atoms with van der Waals surface area (Å²) in [7, 11) is 0. The van der Waals surface area contributed by atoms with Crippen LogP contribution in [0.1, 0.15) is 10.6 Å². The first kappa shape index (κ1) is 17.4. The largest absolute Gasteiger partial charge is 0.484 e. The molecule has 0 spiro atoms.